The van der Waals surface area contributed by atoms with Crippen molar-refractivity contribution in [1.82, 2.24) is 5.32 Å². The summed E-state index contributed by atoms with van der Waals surface area (Å²) in [6, 6.07) is 5.22. The smallest absolute Gasteiger partial charge is 0.408 e. The van der Waals surface area contributed by atoms with Gasteiger partial charge < -0.3 is 10.1 Å². The van der Waals surface area contributed by atoms with Crippen molar-refractivity contribution < 1.29 is 18.7 Å². The molecule has 0 aliphatic rings. The number of rotatable bonds is 5. The molecule has 126 valence electrons. The fourth-order valence-electron chi connectivity index (χ4n) is 1.89. The van der Waals surface area contributed by atoms with Crippen LogP contribution in [0.15, 0.2) is 30.3 Å². The first kappa shape index (κ1) is 18.9. The lowest BCUT2D eigenvalue weighted by Crippen LogP contribution is -2.45. The van der Waals surface area contributed by atoms with Crippen molar-refractivity contribution >= 4 is 18.0 Å². The van der Waals surface area contributed by atoms with E-state index in [1.807, 2.05) is 13.8 Å². The predicted octanol–water partition coefficient (Wildman–Crippen LogP) is 3.96. The van der Waals surface area contributed by atoms with Gasteiger partial charge in [0.25, 0.3) is 0 Å². The van der Waals surface area contributed by atoms with E-state index in [-0.39, 0.29) is 17.5 Å². The number of halogens is 1. The molecule has 0 radical (unpaired) electrons. The quantitative estimate of drug-likeness (QED) is 0.835. The summed E-state index contributed by atoms with van der Waals surface area (Å²) in [6.07, 6.45) is 2.23. The lowest BCUT2D eigenvalue weighted by molar-refractivity contribution is -0.117. The fraction of sp³-hybridized carbons (Fsp3) is 0.444. The molecular formula is C18H24FNO3. The van der Waals surface area contributed by atoms with Crippen LogP contribution in [0.3, 0.4) is 0 Å². The number of carbonyl (C=O) groups excluding carboxylic acids is 2. The highest BCUT2D eigenvalue weighted by atomic mass is 19.1. The van der Waals surface area contributed by atoms with Crippen molar-refractivity contribution in [2.24, 2.45) is 5.92 Å². The van der Waals surface area contributed by atoms with Crippen molar-refractivity contribution in [3.63, 3.8) is 0 Å². The molecule has 0 aliphatic heterocycles. The van der Waals surface area contributed by atoms with Gasteiger partial charge in [-0.15, -0.1) is 0 Å². The summed E-state index contributed by atoms with van der Waals surface area (Å²) in [5.41, 5.74) is -0.0513. The van der Waals surface area contributed by atoms with E-state index in [1.54, 1.807) is 32.9 Å². The Labute approximate surface area is 136 Å². The largest absolute Gasteiger partial charge is 0.444 e. The molecular weight excluding hydrogens is 297 g/mol. The van der Waals surface area contributed by atoms with E-state index in [2.05, 4.69) is 5.32 Å². The molecule has 1 amide bonds. The third-order valence-electron chi connectivity index (χ3n) is 2.93. The minimum absolute atomic E-state index is 0.104. The molecule has 1 aromatic carbocycles. The van der Waals surface area contributed by atoms with Crippen LogP contribution in [0.2, 0.25) is 0 Å². The van der Waals surface area contributed by atoms with Crippen LogP contribution in [0, 0.1) is 11.7 Å². The van der Waals surface area contributed by atoms with Gasteiger partial charge in [-0.05, 0) is 50.5 Å². The average Bonchev–Trinajstić information content (AvgIpc) is 2.40. The topological polar surface area (TPSA) is 55.4 Å². The van der Waals surface area contributed by atoms with Crippen LogP contribution in [0.4, 0.5) is 9.18 Å². The van der Waals surface area contributed by atoms with E-state index in [4.69, 9.17) is 4.74 Å². The number of nitrogens with one attached hydrogen (secondary N) is 1. The van der Waals surface area contributed by atoms with Crippen LogP contribution in [-0.2, 0) is 9.53 Å². The van der Waals surface area contributed by atoms with Gasteiger partial charge in [-0.25, -0.2) is 9.18 Å². The van der Waals surface area contributed by atoms with Crippen LogP contribution in [0.25, 0.3) is 6.08 Å². The summed E-state index contributed by atoms with van der Waals surface area (Å²) in [6.45, 7) is 8.92. The molecule has 0 bridgehead atoms. The Bertz CT molecular complexity index is 588. The minimum Gasteiger partial charge on any atom is -0.444 e. The van der Waals surface area contributed by atoms with Gasteiger partial charge in [-0.3, -0.25) is 4.79 Å². The summed E-state index contributed by atoms with van der Waals surface area (Å²) in [5, 5.41) is 2.58. The Hall–Kier alpha value is -2.17. The number of hydrogen-bond acceptors (Lipinski definition) is 3. The zero-order chi connectivity index (χ0) is 17.6. The maximum atomic E-state index is 13.1. The zero-order valence-corrected chi connectivity index (χ0v) is 14.2. The highest BCUT2D eigenvalue weighted by Gasteiger charge is 2.25. The Kier molecular flexibility index (Phi) is 6.49. The summed E-state index contributed by atoms with van der Waals surface area (Å²) in [4.78, 5) is 24.1. The first-order valence-corrected chi connectivity index (χ1v) is 7.55. The predicted molar refractivity (Wildman–Crippen MR) is 88.4 cm³/mol. The van der Waals surface area contributed by atoms with Crippen LogP contribution in [0.5, 0.6) is 0 Å². The number of amides is 1. The Balaban J connectivity index is 2.77. The minimum atomic E-state index is -0.699. The van der Waals surface area contributed by atoms with Crippen LogP contribution in [-0.4, -0.2) is 23.5 Å². The lowest BCUT2D eigenvalue weighted by atomic mass is 9.99. The zero-order valence-electron chi connectivity index (χ0n) is 14.2. The van der Waals surface area contributed by atoms with Crippen molar-refractivity contribution in [3.8, 4) is 0 Å². The van der Waals surface area contributed by atoms with Gasteiger partial charge in [-0.1, -0.05) is 32.1 Å². The van der Waals surface area contributed by atoms with Gasteiger partial charge in [0.15, 0.2) is 5.78 Å². The van der Waals surface area contributed by atoms with Crippen LogP contribution < -0.4 is 5.32 Å². The van der Waals surface area contributed by atoms with E-state index >= 15 is 0 Å². The SMILES string of the molecule is CC(C)[C@H](NC(=O)OC(C)(C)C)C(=O)C=Cc1cccc(F)c1. The molecule has 0 aromatic heterocycles. The molecule has 0 aliphatic carbocycles. The van der Waals surface area contributed by atoms with E-state index in [9.17, 15) is 14.0 Å². The van der Waals surface area contributed by atoms with Crippen molar-refractivity contribution in [2.45, 2.75) is 46.3 Å². The van der Waals surface area contributed by atoms with E-state index in [1.165, 1.54) is 24.3 Å². The second-order valence-corrected chi connectivity index (χ2v) is 6.66. The van der Waals surface area contributed by atoms with Gasteiger partial charge in [0.05, 0.1) is 6.04 Å². The molecule has 0 heterocycles. The van der Waals surface area contributed by atoms with E-state index in [0.29, 0.717) is 5.56 Å². The molecule has 4 nitrogen and oxygen atoms in total. The van der Waals surface area contributed by atoms with Gasteiger partial charge in [0.1, 0.15) is 11.4 Å². The third-order valence-corrected chi connectivity index (χ3v) is 2.93. The molecule has 1 aromatic rings. The monoisotopic (exact) mass is 321 g/mol. The standard InChI is InChI=1S/C18H24FNO3/c1-12(2)16(20-17(22)23-18(3,4)5)15(21)10-9-13-7-6-8-14(19)11-13/h6-12,16H,1-5H3,(H,20,22)/t16-/m0/s1. The molecule has 0 unspecified atom stereocenters. The second kappa shape index (κ2) is 7.90. The average molecular weight is 321 g/mol. The molecule has 23 heavy (non-hydrogen) atoms. The maximum absolute atomic E-state index is 13.1. The first-order chi connectivity index (χ1) is 10.6. The number of carbonyl (C=O) groups is 2. The summed E-state index contributed by atoms with van der Waals surface area (Å²) >= 11 is 0. The Morgan fingerprint density at radius 2 is 1.91 bits per heavy atom. The van der Waals surface area contributed by atoms with Crippen molar-refractivity contribution in [2.75, 3.05) is 0 Å². The highest BCUT2D eigenvalue weighted by molar-refractivity contribution is 5.99. The number of ether oxygens (including phenoxy) is 1. The number of alkyl carbamates (subject to hydrolysis) is 1. The molecule has 0 saturated heterocycles. The molecule has 1 atom stereocenters. The molecule has 0 spiro atoms. The van der Waals surface area contributed by atoms with Crippen molar-refractivity contribution in [1.29, 1.82) is 0 Å². The molecule has 1 rings (SSSR count). The maximum Gasteiger partial charge on any atom is 0.408 e. The summed E-state index contributed by atoms with van der Waals surface area (Å²) in [5.74, 6) is -0.741. The van der Waals surface area contributed by atoms with Gasteiger partial charge >= 0.3 is 6.09 Å². The Morgan fingerprint density at radius 1 is 1.26 bits per heavy atom. The number of ketones is 1. The van der Waals surface area contributed by atoms with Gasteiger partial charge in [-0.2, -0.15) is 0 Å². The molecule has 0 fully saturated rings. The highest BCUT2D eigenvalue weighted by Crippen LogP contribution is 2.11. The Morgan fingerprint density at radius 3 is 2.43 bits per heavy atom. The van der Waals surface area contributed by atoms with Crippen molar-refractivity contribution in [3.05, 3.63) is 41.7 Å². The summed E-state index contributed by atoms with van der Waals surface area (Å²) in [7, 11) is 0. The summed E-state index contributed by atoms with van der Waals surface area (Å²) < 4.78 is 18.3. The molecule has 5 heteroatoms. The first-order valence-electron chi connectivity index (χ1n) is 7.55. The molecule has 1 N–H and O–H groups in total. The number of benzene rings is 1. The van der Waals surface area contributed by atoms with Gasteiger partial charge in [0, 0.05) is 0 Å². The fourth-order valence-corrected chi connectivity index (χ4v) is 1.89. The van der Waals surface area contributed by atoms with Crippen LogP contribution in [0.1, 0.15) is 40.2 Å². The third kappa shape index (κ3) is 7.08. The molecule has 0 saturated carbocycles. The van der Waals surface area contributed by atoms with Gasteiger partial charge in [0.2, 0.25) is 0 Å². The second-order valence-electron chi connectivity index (χ2n) is 6.66. The number of hydrogen-bond donors (Lipinski definition) is 1. The van der Waals surface area contributed by atoms with E-state index < -0.39 is 17.7 Å². The lowest BCUT2D eigenvalue weighted by Gasteiger charge is -2.24. The van der Waals surface area contributed by atoms with Crippen LogP contribution >= 0.6 is 0 Å². The van der Waals surface area contributed by atoms with E-state index in [0.717, 1.165) is 0 Å². The normalized spacial score (nSPS) is 13.2.